The van der Waals surface area contributed by atoms with Crippen LogP contribution in [-0.2, 0) is 13.0 Å². The van der Waals surface area contributed by atoms with E-state index in [1.54, 1.807) is 0 Å². The van der Waals surface area contributed by atoms with Crippen LogP contribution in [0.15, 0.2) is 36.4 Å². The number of hydrogen-bond donors (Lipinski definition) is 1. The quantitative estimate of drug-likeness (QED) is 0.930. The van der Waals surface area contributed by atoms with Gasteiger partial charge in [0.05, 0.1) is 0 Å². The summed E-state index contributed by atoms with van der Waals surface area (Å²) in [6.45, 7) is -0.00236. The number of rotatable bonds is 3. The van der Waals surface area contributed by atoms with Crippen LogP contribution in [0.25, 0.3) is 0 Å². The van der Waals surface area contributed by atoms with Crippen LogP contribution in [0.3, 0.4) is 0 Å². The van der Waals surface area contributed by atoms with Crippen LogP contribution in [0.5, 0.6) is 5.75 Å². The Morgan fingerprint density at radius 2 is 2.05 bits per heavy atom. The highest BCUT2D eigenvalue weighted by Gasteiger charge is 2.17. The van der Waals surface area contributed by atoms with Gasteiger partial charge in [0.25, 0.3) is 0 Å². The van der Waals surface area contributed by atoms with Crippen molar-refractivity contribution in [2.24, 2.45) is 5.73 Å². The molecule has 1 atom stereocenters. The molecule has 0 aliphatic heterocycles. The SMILES string of the molecule is N[C@@H]1CCCc2ccc(OCc3cccc(F)c3F)cc21. The molecule has 0 unspecified atom stereocenters. The average molecular weight is 289 g/mol. The fourth-order valence-corrected chi connectivity index (χ4v) is 2.72. The molecule has 2 aromatic carbocycles. The van der Waals surface area contributed by atoms with Crippen LogP contribution in [0, 0.1) is 11.6 Å². The third-order valence-electron chi connectivity index (χ3n) is 3.90. The fourth-order valence-electron chi connectivity index (χ4n) is 2.72. The molecule has 2 N–H and O–H groups in total. The maximum atomic E-state index is 13.6. The van der Waals surface area contributed by atoms with E-state index < -0.39 is 11.6 Å². The second-order valence-electron chi connectivity index (χ2n) is 5.36. The molecule has 110 valence electrons. The van der Waals surface area contributed by atoms with Gasteiger partial charge in [-0.1, -0.05) is 18.2 Å². The van der Waals surface area contributed by atoms with Crippen LogP contribution < -0.4 is 10.5 Å². The lowest BCUT2D eigenvalue weighted by atomic mass is 9.88. The van der Waals surface area contributed by atoms with Gasteiger partial charge in [-0.3, -0.25) is 0 Å². The first-order valence-corrected chi connectivity index (χ1v) is 7.09. The molecule has 0 fully saturated rings. The second-order valence-corrected chi connectivity index (χ2v) is 5.36. The summed E-state index contributed by atoms with van der Waals surface area (Å²) in [4.78, 5) is 0. The lowest BCUT2D eigenvalue weighted by Crippen LogP contribution is -2.17. The van der Waals surface area contributed by atoms with Crippen molar-refractivity contribution in [2.45, 2.75) is 31.9 Å². The second kappa shape index (κ2) is 5.82. The monoisotopic (exact) mass is 289 g/mol. The summed E-state index contributed by atoms with van der Waals surface area (Å²) in [5.41, 5.74) is 8.65. The first-order valence-electron chi connectivity index (χ1n) is 7.09. The average Bonchev–Trinajstić information content (AvgIpc) is 2.49. The van der Waals surface area contributed by atoms with Gasteiger partial charge in [0.2, 0.25) is 0 Å². The van der Waals surface area contributed by atoms with Crippen LogP contribution in [-0.4, -0.2) is 0 Å². The largest absolute Gasteiger partial charge is 0.489 e. The van der Waals surface area contributed by atoms with Crippen LogP contribution in [0.2, 0.25) is 0 Å². The van der Waals surface area contributed by atoms with E-state index in [0.29, 0.717) is 5.75 Å². The molecule has 1 aliphatic carbocycles. The lowest BCUT2D eigenvalue weighted by molar-refractivity contribution is 0.296. The maximum absolute atomic E-state index is 13.6. The van der Waals surface area contributed by atoms with Crippen molar-refractivity contribution in [3.8, 4) is 5.75 Å². The molecule has 0 spiro atoms. The summed E-state index contributed by atoms with van der Waals surface area (Å²) in [5.74, 6) is -1.08. The molecule has 1 aliphatic rings. The van der Waals surface area contributed by atoms with Gasteiger partial charge in [0.1, 0.15) is 12.4 Å². The summed E-state index contributed by atoms with van der Waals surface area (Å²) in [6.07, 6.45) is 3.10. The normalized spacial score (nSPS) is 17.4. The van der Waals surface area contributed by atoms with Gasteiger partial charge in [0.15, 0.2) is 11.6 Å². The number of aryl methyl sites for hydroxylation is 1. The molecule has 0 aromatic heterocycles. The summed E-state index contributed by atoms with van der Waals surface area (Å²) < 4.78 is 32.3. The highest BCUT2D eigenvalue weighted by molar-refractivity contribution is 5.39. The van der Waals surface area contributed by atoms with Crippen LogP contribution in [0.4, 0.5) is 8.78 Å². The molecule has 0 heterocycles. The van der Waals surface area contributed by atoms with Crippen molar-refractivity contribution in [3.63, 3.8) is 0 Å². The van der Waals surface area contributed by atoms with E-state index in [1.165, 1.54) is 17.7 Å². The van der Waals surface area contributed by atoms with Gasteiger partial charge in [-0.2, -0.15) is 0 Å². The van der Waals surface area contributed by atoms with E-state index in [9.17, 15) is 8.78 Å². The van der Waals surface area contributed by atoms with Gasteiger partial charge in [0, 0.05) is 11.6 Å². The number of fused-ring (bicyclic) bond motifs is 1. The third-order valence-corrected chi connectivity index (χ3v) is 3.90. The molecule has 3 rings (SSSR count). The molecule has 4 heteroatoms. The number of ether oxygens (including phenoxy) is 1. The van der Waals surface area contributed by atoms with Crippen molar-refractivity contribution in [3.05, 3.63) is 64.7 Å². The Morgan fingerprint density at radius 3 is 2.90 bits per heavy atom. The van der Waals surface area contributed by atoms with E-state index in [2.05, 4.69) is 0 Å². The number of hydrogen-bond acceptors (Lipinski definition) is 2. The minimum absolute atomic E-state index is 0.00236. The highest BCUT2D eigenvalue weighted by Crippen LogP contribution is 2.31. The zero-order valence-electron chi connectivity index (χ0n) is 11.6. The predicted molar refractivity (Wildman–Crippen MR) is 77.0 cm³/mol. The van der Waals surface area contributed by atoms with E-state index >= 15 is 0 Å². The molecule has 0 saturated heterocycles. The highest BCUT2D eigenvalue weighted by atomic mass is 19.2. The molecule has 2 nitrogen and oxygen atoms in total. The molecule has 21 heavy (non-hydrogen) atoms. The van der Waals surface area contributed by atoms with Crippen molar-refractivity contribution in [1.82, 2.24) is 0 Å². The maximum Gasteiger partial charge on any atom is 0.165 e. The molecule has 0 saturated carbocycles. The van der Waals surface area contributed by atoms with E-state index in [4.69, 9.17) is 10.5 Å². The van der Waals surface area contributed by atoms with Gasteiger partial charge < -0.3 is 10.5 Å². The van der Waals surface area contributed by atoms with Crippen molar-refractivity contribution < 1.29 is 13.5 Å². The summed E-state index contributed by atoms with van der Waals surface area (Å²) in [6, 6.07) is 9.89. The Labute approximate surface area is 122 Å². The summed E-state index contributed by atoms with van der Waals surface area (Å²) >= 11 is 0. The Morgan fingerprint density at radius 1 is 1.19 bits per heavy atom. The predicted octanol–water partition coefficient (Wildman–Crippen LogP) is 3.88. The van der Waals surface area contributed by atoms with E-state index in [0.717, 1.165) is 30.9 Å². The fraction of sp³-hybridized carbons (Fsp3) is 0.294. The number of benzene rings is 2. The standard InChI is InChI=1S/C17H17F2NO/c18-15-5-1-4-12(17(15)19)10-21-13-8-7-11-3-2-6-16(20)14(11)9-13/h1,4-5,7-9,16H,2-3,6,10,20H2/t16-/m1/s1. The van der Waals surface area contributed by atoms with Crippen molar-refractivity contribution >= 4 is 0 Å². The van der Waals surface area contributed by atoms with Gasteiger partial charge >= 0.3 is 0 Å². The Balaban J connectivity index is 1.77. The van der Waals surface area contributed by atoms with Gasteiger partial charge in [-0.25, -0.2) is 8.78 Å². The minimum atomic E-state index is -0.858. The first-order chi connectivity index (χ1) is 10.1. The zero-order valence-corrected chi connectivity index (χ0v) is 11.6. The lowest BCUT2D eigenvalue weighted by Gasteiger charge is -2.22. The van der Waals surface area contributed by atoms with Gasteiger partial charge in [-0.05, 0) is 48.6 Å². The molecule has 0 radical (unpaired) electrons. The first kappa shape index (κ1) is 14.0. The smallest absolute Gasteiger partial charge is 0.165 e. The molecular weight excluding hydrogens is 272 g/mol. The topological polar surface area (TPSA) is 35.2 Å². The van der Waals surface area contributed by atoms with Gasteiger partial charge in [-0.15, -0.1) is 0 Å². The minimum Gasteiger partial charge on any atom is -0.489 e. The van der Waals surface area contributed by atoms with E-state index in [1.807, 2.05) is 18.2 Å². The molecule has 2 aromatic rings. The number of halogens is 2. The van der Waals surface area contributed by atoms with Crippen LogP contribution >= 0.6 is 0 Å². The van der Waals surface area contributed by atoms with Crippen molar-refractivity contribution in [1.29, 1.82) is 0 Å². The molecular formula is C17H17F2NO. The third kappa shape index (κ3) is 2.90. The number of nitrogens with two attached hydrogens (primary N) is 1. The summed E-state index contributed by atoms with van der Waals surface area (Å²) in [7, 11) is 0. The zero-order chi connectivity index (χ0) is 14.8. The Bertz CT molecular complexity index is 657. The van der Waals surface area contributed by atoms with Crippen molar-refractivity contribution in [2.75, 3.05) is 0 Å². The van der Waals surface area contributed by atoms with E-state index in [-0.39, 0.29) is 18.2 Å². The molecule has 0 amide bonds. The summed E-state index contributed by atoms with van der Waals surface area (Å²) in [5, 5.41) is 0. The molecule has 0 bridgehead atoms. The Hall–Kier alpha value is -1.94. The Kier molecular flexibility index (Phi) is 3.88. The van der Waals surface area contributed by atoms with Crippen LogP contribution in [0.1, 0.15) is 35.6 Å².